The first-order valence-corrected chi connectivity index (χ1v) is 8.21. The molecule has 0 radical (unpaired) electrons. The Hall–Kier alpha value is -1.85. The van der Waals surface area contributed by atoms with E-state index in [4.69, 9.17) is 14.0 Å². The van der Waals surface area contributed by atoms with Gasteiger partial charge in [-0.1, -0.05) is 37.2 Å². The van der Waals surface area contributed by atoms with Gasteiger partial charge in [0.25, 0.3) is 0 Å². The average molecular weight is 316 g/mol. The van der Waals surface area contributed by atoms with Crippen LogP contribution >= 0.6 is 0 Å². The highest BCUT2D eigenvalue weighted by molar-refractivity contribution is 5.21. The minimum Gasteiger partial charge on any atom is -0.486 e. The van der Waals surface area contributed by atoms with Gasteiger partial charge in [0.1, 0.15) is 12.4 Å². The summed E-state index contributed by atoms with van der Waals surface area (Å²) in [6.07, 6.45) is 0.851. The van der Waals surface area contributed by atoms with Crippen molar-refractivity contribution in [2.45, 2.75) is 32.4 Å². The Kier molecular flexibility index (Phi) is 4.98. The maximum absolute atomic E-state index is 5.70. The molecule has 23 heavy (non-hydrogen) atoms. The normalized spacial score (nSPS) is 16.3. The van der Waals surface area contributed by atoms with Crippen molar-refractivity contribution in [3.8, 4) is 5.75 Å². The Balaban J connectivity index is 1.60. The van der Waals surface area contributed by atoms with Gasteiger partial charge >= 0.3 is 0 Å². The molecular weight excluding hydrogens is 292 g/mol. The van der Waals surface area contributed by atoms with E-state index in [2.05, 4.69) is 23.9 Å². The van der Waals surface area contributed by atoms with E-state index in [9.17, 15) is 0 Å². The molecule has 2 heterocycles. The van der Waals surface area contributed by atoms with E-state index in [1.54, 1.807) is 0 Å². The molecule has 1 aromatic heterocycles. The van der Waals surface area contributed by atoms with E-state index < -0.39 is 0 Å². The van der Waals surface area contributed by atoms with Gasteiger partial charge < -0.3 is 14.0 Å². The topological polar surface area (TPSA) is 47.7 Å². The molecule has 1 fully saturated rings. The Labute approximate surface area is 137 Å². The van der Waals surface area contributed by atoms with Crippen molar-refractivity contribution in [3.63, 3.8) is 0 Å². The number of hydrogen-bond donors (Lipinski definition) is 0. The van der Waals surface area contributed by atoms with Gasteiger partial charge in [-0.25, -0.2) is 0 Å². The van der Waals surface area contributed by atoms with E-state index >= 15 is 0 Å². The van der Waals surface area contributed by atoms with Crippen molar-refractivity contribution < 1.29 is 14.0 Å². The maximum atomic E-state index is 5.70. The van der Waals surface area contributed by atoms with Crippen LogP contribution in [0.5, 0.6) is 5.75 Å². The van der Waals surface area contributed by atoms with Crippen LogP contribution in [0.25, 0.3) is 0 Å². The van der Waals surface area contributed by atoms with Crippen molar-refractivity contribution in [2.24, 2.45) is 0 Å². The number of nitrogens with zero attached hydrogens (tertiary/aromatic N) is 2. The van der Waals surface area contributed by atoms with Crippen LogP contribution in [0, 0.1) is 0 Å². The molecule has 1 aromatic carbocycles. The maximum Gasteiger partial charge on any atom is 0.174 e. The van der Waals surface area contributed by atoms with E-state index in [1.807, 2.05) is 36.4 Å². The molecule has 5 heteroatoms. The minimum absolute atomic E-state index is 0.0674. The van der Waals surface area contributed by atoms with E-state index in [0.717, 1.165) is 49.9 Å². The lowest BCUT2D eigenvalue weighted by atomic mass is 9.89. The molecule has 0 bridgehead atoms. The lowest BCUT2D eigenvalue weighted by molar-refractivity contribution is -0.138. The second-order valence-corrected chi connectivity index (χ2v) is 5.95. The number of benzene rings is 1. The summed E-state index contributed by atoms with van der Waals surface area (Å²) in [7, 11) is 0. The SMILES string of the molecule is CCN(CC)C1(Cc2cc(COc3ccccc3)on2)COC1. The molecule has 5 nitrogen and oxygen atoms in total. The van der Waals surface area contributed by atoms with Crippen LogP contribution in [0.1, 0.15) is 25.3 Å². The summed E-state index contributed by atoms with van der Waals surface area (Å²) in [6.45, 7) is 8.32. The summed E-state index contributed by atoms with van der Waals surface area (Å²) in [6, 6.07) is 11.7. The summed E-state index contributed by atoms with van der Waals surface area (Å²) in [5.74, 6) is 1.58. The molecule has 124 valence electrons. The van der Waals surface area contributed by atoms with Crippen LogP contribution < -0.4 is 4.74 Å². The lowest BCUT2D eigenvalue weighted by Gasteiger charge is -2.49. The van der Waals surface area contributed by atoms with Crippen LogP contribution in [0.2, 0.25) is 0 Å². The number of hydrogen-bond acceptors (Lipinski definition) is 5. The summed E-state index contributed by atoms with van der Waals surface area (Å²) in [5, 5.41) is 4.21. The van der Waals surface area contributed by atoms with E-state index in [0.29, 0.717) is 6.61 Å². The molecule has 0 amide bonds. The number of rotatable bonds is 8. The second-order valence-electron chi connectivity index (χ2n) is 5.95. The highest BCUT2D eigenvalue weighted by atomic mass is 16.5. The molecule has 1 saturated heterocycles. The predicted molar refractivity (Wildman–Crippen MR) is 87.5 cm³/mol. The molecule has 0 saturated carbocycles. The van der Waals surface area contributed by atoms with Crippen LogP contribution in [-0.2, 0) is 17.8 Å². The first kappa shape index (κ1) is 16.0. The Bertz CT molecular complexity index is 604. The van der Waals surface area contributed by atoms with Crippen molar-refractivity contribution in [1.82, 2.24) is 10.1 Å². The molecule has 0 N–H and O–H groups in total. The molecule has 0 unspecified atom stereocenters. The Morgan fingerprint density at radius 3 is 2.52 bits per heavy atom. The minimum atomic E-state index is 0.0674. The first-order valence-electron chi connectivity index (χ1n) is 8.21. The van der Waals surface area contributed by atoms with Gasteiger partial charge in [0.05, 0.1) is 24.4 Å². The largest absolute Gasteiger partial charge is 0.486 e. The second kappa shape index (κ2) is 7.15. The van der Waals surface area contributed by atoms with Gasteiger partial charge in [-0.15, -0.1) is 0 Å². The highest BCUT2D eigenvalue weighted by Crippen LogP contribution is 2.29. The predicted octanol–water partition coefficient (Wildman–Crippen LogP) is 2.91. The lowest BCUT2D eigenvalue weighted by Crippen LogP contribution is -2.63. The van der Waals surface area contributed by atoms with Crippen molar-refractivity contribution in [3.05, 3.63) is 47.9 Å². The van der Waals surface area contributed by atoms with Crippen molar-refractivity contribution in [1.29, 1.82) is 0 Å². The van der Waals surface area contributed by atoms with Crippen LogP contribution in [-0.4, -0.2) is 41.9 Å². The van der Waals surface area contributed by atoms with E-state index in [1.165, 1.54) is 0 Å². The third kappa shape index (κ3) is 3.57. The number of likely N-dealkylation sites (N-methyl/N-ethyl adjacent to an activating group) is 1. The number of ether oxygens (including phenoxy) is 2. The zero-order valence-corrected chi connectivity index (χ0v) is 13.8. The quantitative estimate of drug-likeness (QED) is 0.749. The Morgan fingerprint density at radius 1 is 1.17 bits per heavy atom. The zero-order valence-electron chi connectivity index (χ0n) is 13.8. The summed E-state index contributed by atoms with van der Waals surface area (Å²) >= 11 is 0. The molecule has 0 aliphatic carbocycles. The highest BCUT2D eigenvalue weighted by Gasteiger charge is 2.43. The fourth-order valence-corrected chi connectivity index (χ4v) is 3.14. The van der Waals surface area contributed by atoms with Crippen LogP contribution in [0.15, 0.2) is 40.9 Å². The molecule has 0 spiro atoms. The smallest absolute Gasteiger partial charge is 0.174 e. The zero-order chi connectivity index (χ0) is 16.1. The first-order chi connectivity index (χ1) is 11.3. The van der Waals surface area contributed by atoms with Gasteiger partial charge in [-0.2, -0.15) is 0 Å². The molecule has 3 rings (SSSR count). The molecule has 1 aliphatic heterocycles. The van der Waals surface area contributed by atoms with Gasteiger partial charge in [0.15, 0.2) is 5.76 Å². The molecule has 1 aliphatic rings. The Morgan fingerprint density at radius 2 is 1.91 bits per heavy atom. The van der Waals surface area contributed by atoms with Crippen LogP contribution in [0.4, 0.5) is 0 Å². The van der Waals surface area contributed by atoms with Crippen LogP contribution in [0.3, 0.4) is 0 Å². The molecular formula is C18H24N2O3. The fourth-order valence-electron chi connectivity index (χ4n) is 3.14. The number of aromatic nitrogens is 1. The van der Waals surface area contributed by atoms with Gasteiger partial charge in [0.2, 0.25) is 0 Å². The third-order valence-electron chi connectivity index (χ3n) is 4.42. The average Bonchev–Trinajstić information content (AvgIpc) is 3.00. The standard InChI is InChI=1S/C18H24N2O3/c1-3-20(4-2)18(13-21-14-18)11-15-10-17(23-19-15)12-22-16-8-6-5-7-9-16/h5-10H,3-4,11-14H2,1-2H3. The fraction of sp³-hybridized carbons (Fsp3) is 0.500. The molecule has 0 atom stereocenters. The van der Waals surface area contributed by atoms with Gasteiger partial charge in [-0.3, -0.25) is 4.90 Å². The monoisotopic (exact) mass is 316 g/mol. The number of para-hydroxylation sites is 1. The van der Waals surface area contributed by atoms with Gasteiger partial charge in [0, 0.05) is 12.5 Å². The summed E-state index contributed by atoms with van der Waals surface area (Å²) < 4.78 is 16.6. The summed E-state index contributed by atoms with van der Waals surface area (Å²) in [4.78, 5) is 2.45. The van der Waals surface area contributed by atoms with Crippen molar-refractivity contribution >= 4 is 0 Å². The molecule has 2 aromatic rings. The van der Waals surface area contributed by atoms with E-state index in [-0.39, 0.29) is 5.54 Å². The van der Waals surface area contributed by atoms with Crippen molar-refractivity contribution in [2.75, 3.05) is 26.3 Å². The summed E-state index contributed by atoms with van der Waals surface area (Å²) in [5.41, 5.74) is 1.03. The van der Waals surface area contributed by atoms with Gasteiger partial charge in [-0.05, 0) is 25.2 Å². The third-order valence-corrected chi connectivity index (χ3v) is 4.42.